The Morgan fingerprint density at radius 3 is 2.89 bits per heavy atom. The fraction of sp³-hybridized carbons (Fsp3) is 0. The van der Waals surface area contributed by atoms with Gasteiger partial charge in [0.2, 0.25) is 10.9 Å². The molecule has 0 aliphatic carbocycles. The van der Waals surface area contributed by atoms with E-state index in [1.807, 2.05) is 0 Å². The molecule has 6 nitrogen and oxygen atoms in total. The summed E-state index contributed by atoms with van der Waals surface area (Å²) >= 11 is 5.70. The molecule has 94 valence electrons. The number of non-ortho nitro benzene ring substituents is 1. The van der Waals surface area contributed by atoms with Gasteiger partial charge in [-0.3, -0.25) is 10.1 Å². The minimum atomic E-state index is -0.484. The van der Waals surface area contributed by atoms with Gasteiger partial charge in [-0.1, -0.05) is 12.1 Å². The fourth-order valence-electron chi connectivity index (χ4n) is 1.79. The van der Waals surface area contributed by atoms with Gasteiger partial charge in [0.15, 0.2) is 5.76 Å². The Morgan fingerprint density at radius 1 is 1.32 bits per heavy atom. The number of nitrogens with zero attached hydrogens (tertiary/aromatic N) is 3. The molecule has 0 atom stereocenters. The lowest BCUT2D eigenvalue weighted by Crippen LogP contribution is -1.87. The monoisotopic (exact) mass is 275 g/mol. The van der Waals surface area contributed by atoms with E-state index in [9.17, 15) is 10.1 Å². The summed E-state index contributed by atoms with van der Waals surface area (Å²) in [5.74, 6) is 0.411. The third-order valence-corrected chi connectivity index (χ3v) is 2.78. The number of furan rings is 1. The third-order valence-electron chi connectivity index (χ3n) is 2.60. The highest BCUT2D eigenvalue weighted by Gasteiger charge is 2.17. The molecule has 0 saturated heterocycles. The molecule has 7 heteroatoms. The van der Waals surface area contributed by atoms with Gasteiger partial charge in [0, 0.05) is 17.6 Å². The number of hydrogen-bond donors (Lipinski definition) is 0. The second-order valence-electron chi connectivity index (χ2n) is 3.77. The normalized spacial score (nSPS) is 10.8. The van der Waals surface area contributed by atoms with Crippen LogP contribution in [-0.2, 0) is 0 Å². The molecule has 19 heavy (non-hydrogen) atoms. The SMILES string of the molecule is O=[N+]([O-])c1cccc2cc(-c3ccnc(Cl)n3)oc12. The molecule has 0 aliphatic rings. The Labute approximate surface area is 111 Å². The van der Waals surface area contributed by atoms with E-state index in [0.29, 0.717) is 16.8 Å². The van der Waals surface area contributed by atoms with Crippen molar-refractivity contribution in [3.8, 4) is 11.5 Å². The Kier molecular flexibility index (Phi) is 2.64. The first-order valence-corrected chi connectivity index (χ1v) is 5.69. The van der Waals surface area contributed by atoms with E-state index >= 15 is 0 Å². The number of benzene rings is 1. The molecular formula is C12H6ClN3O3. The number of rotatable bonds is 2. The van der Waals surface area contributed by atoms with Gasteiger partial charge >= 0.3 is 5.69 Å². The summed E-state index contributed by atoms with van der Waals surface area (Å²) in [6, 6.07) is 8.03. The number of hydrogen-bond acceptors (Lipinski definition) is 5. The maximum Gasteiger partial charge on any atom is 0.312 e. The first-order valence-electron chi connectivity index (χ1n) is 5.31. The lowest BCUT2D eigenvalue weighted by Gasteiger charge is -1.94. The molecule has 2 aromatic heterocycles. The summed E-state index contributed by atoms with van der Waals surface area (Å²) < 4.78 is 5.51. The van der Waals surface area contributed by atoms with E-state index in [0.717, 1.165) is 0 Å². The second-order valence-corrected chi connectivity index (χ2v) is 4.11. The van der Waals surface area contributed by atoms with Crippen LogP contribution in [0.5, 0.6) is 0 Å². The van der Waals surface area contributed by atoms with Crippen molar-refractivity contribution in [2.24, 2.45) is 0 Å². The molecule has 0 saturated carbocycles. The first kappa shape index (κ1) is 11.6. The maximum atomic E-state index is 10.9. The predicted molar refractivity (Wildman–Crippen MR) is 68.9 cm³/mol. The number of nitro benzene ring substituents is 1. The average molecular weight is 276 g/mol. The quantitative estimate of drug-likeness (QED) is 0.406. The van der Waals surface area contributed by atoms with Crippen LogP contribution in [0.3, 0.4) is 0 Å². The van der Waals surface area contributed by atoms with Crippen molar-refractivity contribution in [3.05, 3.63) is 51.9 Å². The molecular weight excluding hydrogens is 270 g/mol. The minimum Gasteiger partial charge on any atom is -0.447 e. The largest absolute Gasteiger partial charge is 0.447 e. The van der Waals surface area contributed by atoms with Crippen LogP contribution in [0.2, 0.25) is 5.28 Å². The van der Waals surface area contributed by atoms with Crippen molar-refractivity contribution in [1.82, 2.24) is 9.97 Å². The average Bonchev–Trinajstić information content (AvgIpc) is 2.82. The Hall–Kier alpha value is -2.47. The summed E-state index contributed by atoms with van der Waals surface area (Å²) in [5, 5.41) is 11.6. The highest BCUT2D eigenvalue weighted by atomic mass is 35.5. The number of para-hydroxylation sites is 1. The Morgan fingerprint density at radius 2 is 2.16 bits per heavy atom. The highest BCUT2D eigenvalue weighted by molar-refractivity contribution is 6.28. The Bertz CT molecular complexity index is 785. The molecule has 0 aliphatic heterocycles. The summed E-state index contributed by atoms with van der Waals surface area (Å²) in [6.07, 6.45) is 1.49. The molecule has 0 spiro atoms. The Balaban J connectivity index is 2.22. The van der Waals surface area contributed by atoms with E-state index in [1.165, 1.54) is 12.3 Å². The lowest BCUT2D eigenvalue weighted by molar-refractivity contribution is -0.383. The zero-order chi connectivity index (χ0) is 13.4. The van der Waals surface area contributed by atoms with Gasteiger partial charge in [0.05, 0.1) is 4.92 Å². The molecule has 0 N–H and O–H groups in total. The number of halogens is 1. The van der Waals surface area contributed by atoms with Crippen molar-refractivity contribution in [2.75, 3.05) is 0 Å². The summed E-state index contributed by atoms with van der Waals surface area (Å²) in [4.78, 5) is 18.2. The standard InChI is InChI=1S/C12H6ClN3O3/c13-12-14-5-4-8(15-12)10-6-7-2-1-3-9(16(17)18)11(7)19-10/h1-6H. The lowest BCUT2D eigenvalue weighted by atomic mass is 10.2. The van der Waals surface area contributed by atoms with Crippen molar-refractivity contribution in [1.29, 1.82) is 0 Å². The van der Waals surface area contributed by atoms with Gasteiger partial charge in [0.25, 0.3) is 0 Å². The summed E-state index contributed by atoms with van der Waals surface area (Å²) in [6.45, 7) is 0. The molecule has 3 rings (SSSR count). The molecule has 2 heterocycles. The van der Waals surface area contributed by atoms with Crippen LogP contribution in [0.25, 0.3) is 22.4 Å². The molecule has 0 bridgehead atoms. The van der Waals surface area contributed by atoms with Gasteiger partial charge in [-0.15, -0.1) is 0 Å². The van der Waals surface area contributed by atoms with E-state index in [1.54, 1.807) is 24.3 Å². The highest BCUT2D eigenvalue weighted by Crippen LogP contribution is 2.32. The molecule has 0 amide bonds. The molecule has 1 aromatic carbocycles. The van der Waals surface area contributed by atoms with E-state index < -0.39 is 4.92 Å². The number of aromatic nitrogens is 2. The van der Waals surface area contributed by atoms with Gasteiger partial charge < -0.3 is 4.42 Å². The van der Waals surface area contributed by atoms with Crippen LogP contribution < -0.4 is 0 Å². The van der Waals surface area contributed by atoms with Gasteiger partial charge in [-0.2, -0.15) is 0 Å². The van der Waals surface area contributed by atoms with E-state index in [2.05, 4.69) is 9.97 Å². The zero-order valence-electron chi connectivity index (χ0n) is 9.41. The minimum absolute atomic E-state index is 0.0797. The van der Waals surface area contributed by atoms with Crippen molar-refractivity contribution in [2.45, 2.75) is 0 Å². The zero-order valence-corrected chi connectivity index (χ0v) is 10.2. The predicted octanol–water partition coefficient (Wildman–Crippen LogP) is 3.45. The summed E-state index contributed by atoms with van der Waals surface area (Å²) in [7, 11) is 0. The van der Waals surface area contributed by atoms with Gasteiger partial charge in [0.1, 0.15) is 5.69 Å². The molecule has 3 aromatic rings. The number of fused-ring (bicyclic) bond motifs is 1. The van der Waals surface area contributed by atoms with Crippen molar-refractivity contribution < 1.29 is 9.34 Å². The van der Waals surface area contributed by atoms with Crippen LogP contribution in [-0.4, -0.2) is 14.9 Å². The van der Waals surface area contributed by atoms with Gasteiger partial charge in [-0.05, 0) is 23.7 Å². The van der Waals surface area contributed by atoms with Gasteiger partial charge in [-0.25, -0.2) is 9.97 Å². The van der Waals surface area contributed by atoms with Crippen LogP contribution >= 0.6 is 11.6 Å². The van der Waals surface area contributed by atoms with E-state index in [-0.39, 0.29) is 16.6 Å². The first-order chi connectivity index (χ1) is 9.15. The molecule has 0 radical (unpaired) electrons. The molecule has 0 unspecified atom stereocenters. The van der Waals surface area contributed by atoms with Crippen molar-refractivity contribution in [3.63, 3.8) is 0 Å². The topological polar surface area (TPSA) is 82.1 Å². The second kappa shape index (κ2) is 4.33. The molecule has 0 fully saturated rings. The van der Waals surface area contributed by atoms with Crippen LogP contribution in [0, 0.1) is 10.1 Å². The third kappa shape index (κ3) is 2.02. The smallest absolute Gasteiger partial charge is 0.312 e. The fourth-order valence-corrected chi connectivity index (χ4v) is 1.94. The van der Waals surface area contributed by atoms with Crippen LogP contribution in [0.15, 0.2) is 40.9 Å². The van der Waals surface area contributed by atoms with Crippen LogP contribution in [0.4, 0.5) is 5.69 Å². The maximum absolute atomic E-state index is 10.9. The van der Waals surface area contributed by atoms with E-state index in [4.69, 9.17) is 16.0 Å². The summed E-state index contributed by atoms with van der Waals surface area (Å²) in [5.41, 5.74) is 0.617. The number of nitro groups is 1. The van der Waals surface area contributed by atoms with Crippen molar-refractivity contribution >= 4 is 28.3 Å². The van der Waals surface area contributed by atoms with Crippen LogP contribution in [0.1, 0.15) is 0 Å².